The number of imidazole rings is 1. The van der Waals surface area contributed by atoms with Gasteiger partial charge in [-0.2, -0.15) is 5.26 Å². The fraction of sp³-hybridized carbons (Fsp3) is 0.333. The van der Waals surface area contributed by atoms with Crippen LogP contribution in [-0.4, -0.2) is 31.9 Å². The Balaban J connectivity index is 1.57. The van der Waals surface area contributed by atoms with Crippen molar-refractivity contribution < 1.29 is 12.8 Å². The van der Waals surface area contributed by atoms with Gasteiger partial charge in [0, 0.05) is 31.0 Å². The van der Waals surface area contributed by atoms with Gasteiger partial charge in [0.25, 0.3) is 10.0 Å². The second-order valence-electron chi connectivity index (χ2n) is 9.65. The largest absolute Gasteiger partial charge is 0.437 e. The van der Waals surface area contributed by atoms with Gasteiger partial charge in [0.05, 0.1) is 28.4 Å². The Labute approximate surface area is 214 Å². The zero-order valence-corrected chi connectivity index (χ0v) is 21.4. The first-order valence-corrected chi connectivity index (χ1v) is 13.8. The van der Waals surface area contributed by atoms with E-state index in [4.69, 9.17) is 14.7 Å². The number of benzene rings is 1. The molecule has 0 spiro atoms. The van der Waals surface area contributed by atoms with Crippen molar-refractivity contribution in [2.45, 2.75) is 56.9 Å². The maximum absolute atomic E-state index is 13.5. The van der Waals surface area contributed by atoms with Crippen molar-refractivity contribution in [3.05, 3.63) is 60.4 Å². The fourth-order valence-corrected chi connectivity index (χ4v) is 6.86. The van der Waals surface area contributed by atoms with E-state index in [-0.39, 0.29) is 10.9 Å². The molecule has 0 bridgehead atoms. The zero-order valence-electron chi connectivity index (χ0n) is 20.6. The van der Waals surface area contributed by atoms with Crippen LogP contribution in [0.2, 0.25) is 0 Å². The van der Waals surface area contributed by atoms with Crippen LogP contribution in [0.3, 0.4) is 0 Å². The first-order chi connectivity index (χ1) is 17.9. The second-order valence-corrected chi connectivity index (χ2v) is 11.5. The topological polar surface area (TPSA) is 120 Å². The maximum atomic E-state index is 13.5. The Morgan fingerprint density at radius 2 is 1.84 bits per heavy atom. The minimum absolute atomic E-state index is 0.124. The van der Waals surface area contributed by atoms with Crippen LogP contribution in [0.15, 0.2) is 58.1 Å². The fourth-order valence-electron chi connectivity index (χ4n) is 5.54. The van der Waals surface area contributed by atoms with Gasteiger partial charge in [0.1, 0.15) is 5.52 Å². The summed E-state index contributed by atoms with van der Waals surface area (Å²) in [6.45, 7) is 3.71. The van der Waals surface area contributed by atoms with E-state index in [1.165, 1.54) is 3.97 Å². The molecule has 6 rings (SSSR count). The quantitative estimate of drug-likeness (QED) is 0.302. The van der Waals surface area contributed by atoms with Crippen molar-refractivity contribution in [1.82, 2.24) is 23.5 Å². The summed E-state index contributed by atoms with van der Waals surface area (Å²) in [4.78, 5) is 14.1. The summed E-state index contributed by atoms with van der Waals surface area (Å²) in [5.41, 5.74) is 2.61. The molecule has 9 nitrogen and oxygen atoms in total. The van der Waals surface area contributed by atoms with Crippen LogP contribution in [0, 0.1) is 31.1 Å². The van der Waals surface area contributed by atoms with Crippen LogP contribution < -0.4 is 0 Å². The third kappa shape index (κ3) is 3.81. The second kappa shape index (κ2) is 8.85. The molecule has 37 heavy (non-hydrogen) atoms. The molecule has 0 unspecified atom stereocenters. The lowest BCUT2D eigenvalue weighted by molar-refractivity contribution is 0.282. The van der Waals surface area contributed by atoms with E-state index in [0.29, 0.717) is 46.4 Å². The van der Waals surface area contributed by atoms with Crippen molar-refractivity contribution in [3.63, 3.8) is 0 Å². The van der Waals surface area contributed by atoms with E-state index in [2.05, 4.69) is 20.6 Å². The minimum atomic E-state index is -3.83. The van der Waals surface area contributed by atoms with Crippen LogP contribution >= 0.6 is 0 Å². The first-order valence-electron chi connectivity index (χ1n) is 12.4. The molecule has 0 aliphatic heterocycles. The molecule has 0 atom stereocenters. The SMILES string of the molecule is Cc1nc(C)c(-c2nc3cnc4c(ccn4S(=O)(=O)c4ccccc4)c3n2C2CCC(CC#N)CC2)o1. The Kier molecular flexibility index (Phi) is 5.60. The smallest absolute Gasteiger partial charge is 0.269 e. The number of aryl methyl sites for hydroxylation is 2. The highest BCUT2D eigenvalue weighted by Gasteiger charge is 2.30. The maximum Gasteiger partial charge on any atom is 0.269 e. The summed E-state index contributed by atoms with van der Waals surface area (Å²) in [5.74, 6) is 2.24. The minimum Gasteiger partial charge on any atom is -0.437 e. The molecule has 1 aliphatic carbocycles. The molecule has 1 aliphatic rings. The Morgan fingerprint density at radius 1 is 1.08 bits per heavy atom. The predicted octanol–water partition coefficient (Wildman–Crippen LogP) is 5.54. The summed E-state index contributed by atoms with van der Waals surface area (Å²) in [6, 6.07) is 12.6. The van der Waals surface area contributed by atoms with Crippen molar-refractivity contribution in [1.29, 1.82) is 5.26 Å². The molecule has 0 N–H and O–H groups in total. The molecule has 1 saturated carbocycles. The summed E-state index contributed by atoms with van der Waals surface area (Å²) < 4.78 is 36.3. The Morgan fingerprint density at radius 3 is 2.51 bits per heavy atom. The Bertz CT molecular complexity index is 1770. The van der Waals surface area contributed by atoms with Gasteiger partial charge in [-0.3, -0.25) is 0 Å². The molecular formula is C27H26N6O3S. The van der Waals surface area contributed by atoms with Crippen LogP contribution in [0.5, 0.6) is 0 Å². The van der Waals surface area contributed by atoms with Gasteiger partial charge in [0.15, 0.2) is 23.1 Å². The molecule has 4 heterocycles. The summed E-state index contributed by atoms with van der Waals surface area (Å²) in [7, 11) is -3.83. The van der Waals surface area contributed by atoms with E-state index in [1.807, 2.05) is 13.8 Å². The van der Waals surface area contributed by atoms with E-state index in [0.717, 1.165) is 36.9 Å². The average molecular weight is 515 g/mol. The molecule has 188 valence electrons. The highest BCUT2D eigenvalue weighted by Crippen LogP contribution is 2.41. The number of rotatable bonds is 5. The van der Waals surface area contributed by atoms with Gasteiger partial charge in [-0.05, 0) is 56.7 Å². The number of hydrogen-bond donors (Lipinski definition) is 0. The molecule has 1 fully saturated rings. The lowest BCUT2D eigenvalue weighted by Crippen LogP contribution is -2.19. The van der Waals surface area contributed by atoms with Gasteiger partial charge < -0.3 is 8.98 Å². The van der Waals surface area contributed by atoms with Gasteiger partial charge in [-0.1, -0.05) is 18.2 Å². The van der Waals surface area contributed by atoms with E-state index >= 15 is 0 Å². The highest BCUT2D eigenvalue weighted by molar-refractivity contribution is 7.90. The van der Waals surface area contributed by atoms with E-state index in [1.54, 1.807) is 48.8 Å². The number of pyridine rings is 1. The molecular weight excluding hydrogens is 488 g/mol. The Hall–Kier alpha value is -3.97. The third-order valence-corrected chi connectivity index (χ3v) is 8.98. The number of oxazole rings is 1. The number of nitrogens with zero attached hydrogens (tertiary/aromatic N) is 6. The molecule has 0 saturated heterocycles. The third-order valence-electron chi connectivity index (χ3n) is 7.30. The van der Waals surface area contributed by atoms with Crippen LogP contribution in [0.4, 0.5) is 0 Å². The van der Waals surface area contributed by atoms with Gasteiger partial charge >= 0.3 is 0 Å². The molecule has 5 aromatic rings. The van der Waals surface area contributed by atoms with Gasteiger partial charge in [-0.15, -0.1) is 0 Å². The molecule has 0 amide bonds. The first kappa shape index (κ1) is 23.4. The summed E-state index contributed by atoms with van der Waals surface area (Å²) in [5, 5.41) is 9.87. The van der Waals surface area contributed by atoms with Gasteiger partial charge in [-0.25, -0.2) is 27.3 Å². The monoisotopic (exact) mass is 514 g/mol. The van der Waals surface area contributed by atoms with Crippen LogP contribution in [0.1, 0.15) is 49.7 Å². The van der Waals surface area contributed by atoms with Crippen LogP contribution in [-0.2, 0) is 10.0 Å². The summed E-state index contributed by atoms with van der Waals surface area (Å²) in [6.07, 6.45) is 7.44. The van der Waals surface area contributed by atoms with Crippen LogP contribution in [0.25, 0.3) is 33.7 Å². The lowest BCUT2D eigenvalue weighted by atomic mass is 9.84. The molecule has 1 aromatic carbocycles. The van der Waals surface area contributed by atoms with Crippen molar-refractivity contribution in [2.75, 3.05) is 0 Å². The number of nitriles is 1. The van der Waals surface area contributed by atoms with E-state index < -0.39 is 10.0 Å². The zero-order chi connectivity index (χ0) is 25.7. The lowest BCUT2D eigenvalue weighted by Gasteiger charge is -2.29. The molecule has 0 radical (unpaired) electrons. The van der Waals surface area contributed by atoms with Crippen molar-refractivity contribution in [2.24, 2.45) is 5.92 Å². The van der Waals surface area contributed by atoms with E-state index in [9.17, 15) is 8.42 Å². The highest BCUT2D eigenvalue weighted by atomic mass is 32.2. The average Bonchev–Trinajstić information content (AvgIpc) is 3.59. The summed E-state index contributed by atoms with van der Waals surface area (Å²) >= 11 is 0. The number of aromatic nitrogens is 5. The van der Waals surface area contributed by atoms with Crippen molar-refractivity contribution >= 4 is 32.1 Å². The normalized spacial score (nSPS) is 18.4. The van der Waals surface area contributed by atoms with Gasteiger partial charge in [0.2, 0.25) is 0 Å². The molecule has 4 aromatic heterocycles. The molecule has 10 heteroatoms. The number of fused-ring (bicyclic) bond motifs is 3. The predicted molar refractivity (Wildman–Crippen MR) is 138 cm³/mol. The number of hydrogen-bond acceptors (Lipinski definition) is 7. The van der Waals surface area contributed by atoms with Crippen molar-refractivity contribution in [3.8, 4) is 17.7 Å². The standard InChI is InChI=1S/C27H26N6O3S/c1-17-25(36-18(2)30-17)27-31-23-16-29-26-22(13-15-32(26)37(34,35)21-6-4-3-5-7-21)24(23)33(27)20-10-8-19(9-11-20)12-14-28/h3-7,13,15-16,19-20H,8-12H2,1-2H3.